The van der Waals surface area contributed by atoms with Gasteiger partial charge in [0.05, 0.1) is 13.2 Å². The highest BCUT2D eigenvalue weighted by Gasteiger charge is 2.32. The monoisotopic (exact) mass is 519 g/mol. The van der Waals surface area contributed by atoms with Crippen molar-refractivity contribution >= 4 is 35.1 Å². The molecule has 0 radical (unpaired) electrons. The van der Waals surface area contributed by atoms with E-state index in [2.05, 4.69) is 5.32 Å². The minimum atomic E-state index is -1.09. The second kappa shape index (κ2) is 11.3. The van der Waals surface area contributed by atoms with Crippen LogP contribution in [0.25, 0.3) is 0 Å². The molecule has 1 heterocycles. The lowest BCUT2D eigenvalue weighted by Gasteiger charge is -2.26. The quantitative estimate of drug-likeness (QED) is 0.234. The molecule has 0 bridgehead atoms. The van der Waals surface area contributed by atoms with Gasteiger partial charge in [-0.1, -0.05) is 47.5 Å². The summed E-state index contributed by atoms with van der Waals surface area (Å²) in [6, 6.07) is 14.6. The summed E-state index contributed by atoms with van der Waals surface area (Å²) in [6.45, 7) is 3.18. The number of nitrogens with one attached hydrogen (secondary N) is 1. The first-order valence-corrected chi connectivity index (χ1v) is 11.4. The fourth-order valence-corrected chi connectivity index (χ4v) is 3.90. The normalized spacial score (nSPS) is 12.6. The highest BCUT2D eigenvalue weighted by molar-refractivity contribution is 6.30. The van der Waals surface area contributed by atoms with Gasteiger partial charge in [-0.25, -0.2) is 4.79 Å². The Morgan fingerprint density at radius 1 is 0.943 bits per heavy atom. The van der Waals surface area contributed by atoms with Gasteiger partial charge in [0.2, 0.25) is 11.9 Å². The second-order valence-corrected chi connectivity index (χ2v) is 8.72. The van der Waals surface area contributed by atoms with E-state index in [1.165, 1.54) is 20.1 Å². The highest BCUT2D eigenvalue weighted by Crippen LogP contribution is 2.32. The second-order valence-electron chi connectivity index (χ2n) is 7.84. The molecule has 0 aliphatic rings. The number of rotatable bonds is 8. The van der Waals surface area contributed by atoms with Gasteiger partial charge in [0.15, 0.2) is 5.75 Å². The van der Waals surface area contributed by atoms with E-state index in [-0.39, 0.29) is 11.7 Å². The SMILES string of the molecule is COc1cc[n+](O)c(C(=O)N[C@@H](C)C(=O)O[C@@H](C)C(c2ccc(Cl)cc2)c2ccc(Cl)cc2)c1O. The van der Waals surface area contributed by atoms with Gasteiger partial charge in [-0.3, -0.25) is 10.0 Å². The predicted molar refractivity (Wildman–Crippen MR) is 129 cm³/mol. The Balaban J connectivity index is 1.78. The molecule has 3 N–H and O–H groups in total. The summed E-state index contributed by atoms with van der Waals surface area (Å²) in [5.41, 5.74) is 1.25. The molecule has 3 rings (SSSR count). The number of esters is 1. The average Bonchev–Trinajstić information content (AvgIpc) is 2.81. The van der Waals surface area contributed by atoms with Crippen LogP contribution >= 0.6 is 23.2 Å². The van der Waals surface area contributed by atoms with Crippen molar-refractivity contribution in [1.29, 1.82) is 0 Å². The number of pyridine rings is 1. The molecule has 0 saturated carbocycles. The number of amides is 1. The zero-order chi connectivity index (χ0) is 25.7. The van der Waals surface area contributed by atoms with Gasteiger partial charge in [-0.2, -0.15) is 0 Å². The van der Waals surface area contributed by atoms with Gasteiger partial charge in [-0.15, -0.1) is 0 Å². The van der Waals surface area contributed by atoms with E-state index >= 15 is 0 Å². The third kappa shape index (κ3) is 6.15. The van der Waals surface area contributed by atoms with Crippen molar-refractivity contribution in [3.05, 3.63) is 87.7 Å². The fraction of sp³-hybridized carbons (Fsp3) is 0.240. The number of carbonyl (C=O) groups excluding carboxylic acids is 2. The van der Waals surface area contributed by atoms with Crippen LogP contribution in [0.3, 0.4) is 0 Å². The van der Waals surface area contributed by atoms with Crippen LogP contribution < -0.4 is 14.8 Å². The Kier molecular flexibility index (Phi) is 8.43. The fourth-order valence-electron chi connectivity index (χ4n) is 3.65. The molecule has 0 fully saturated rings. The molecule has 184 valence electrons. The topological polar surface area (TPSA) is 109 Å². The lowest BCUT2D eigenvalue weighted by molar-refractivity contribution is -0.906. The maximum Gasteiger partial charge on any atom is 0.366 e. The van der Waals surface area contributed by atoms with E-state index < -0.39 is 35.5 Å². The maximum atomic E-state index is 12.9. The molecule has 0 unspecified atom stereocenters. The summed E-state index contributed by atoms with van der Waals surface area (Å²) in [6.07, 6.45) is 0.499. The first-order chi connectivity index (χ1) is 16.6. The van der Waals surface area contributed by atoms with Gasteiger partial charge in [0.25, 0.3) is 0 Å². The number of hydrogen-bond acceptors (Lipinski definition) is 6. The number of ether oxygens (including phenoxy) is 2. The van der Waals surface area contributed by atoms with Crippen molar-refractivity contribution in [2.45, 2.75) is 31.9 Å². The van der Waals surface area contributed by atoms with Crippen molar-refractivity contribution in [3.8, 4) is 11.5 Å². The largest absolute Gasteiger partial charge is 0.499 e. The van der Waals surface area contributed by atoms with Crippen LogP contribution in [0, 0.1) is 0 Å². The number of halogens is 2. The molecule has 10 heteroatoms. The van der Waals surface area contributed by atoms with Crippen LogP contribution in [-0.4, -0.2) is 41.4 Å². The zero-order valence-electron chi connectivity index (χ0n) is 19.2. The number of methoxy groups -OCH3 is 1. The molecule has 1 aromatic heterocycles. The van der Waals surface area contributed by atoms with Crippen LogP contribution in [0.1, 0.15) is 41.4 Å². The maximum absolute atomic E-state index is 12.9. The van der Waals surface area contributed by atoms with Gasteiger partial charge in [0, 0.05) is 20.7 Å². The molecular formula is C25H25Cl2N2O6+. The first kappa shape index (κ1) is 26.1. The highest BCUT2D eigenvalue weighted by atomic mass is 35.5. The summed E-state index contributed by atoms with van der Waals surface area (Å²) in [4.78, 5) is 25.5. The van der Waals surface area contributed by atoms with Crippen molar-refractivity contribution < 1.29 is 34.1 Å². The summed E-state index contributed by atoms with van der Waals surface area (Å²) >= 11 is 12.1. The number of carbonyl (C=O) groups is 2. The molecule has 35 heavy (non-hydrogen) atoms. The van der Waals surface area contributed by atoms with E-state index in [1.807, 2.05) is 24.3 Å². The molecular weight excluding hydrogens is 495 g/mol. The minimum absolute atomic E-state index is 0.0157. The summed E-state index contributed by atoms with van der Waals surface area (Å²) in [7, 11) is 1.30. The molecule has 0 saturated heterocycles. The Hall–Kier alpha value is -3.49. The predicted octanol–water partition coefficient (Wildman–Crippen LogP) is 4.11. The van der Waals surface area contributed by atoms with Crippen LogP contribution in [0.2, 0.25) is 10.0 Å². The van der Waals surface area contributed by atoms with Crippen molar-refractivity contribution in [2.24, 2.45) is 0 Å². The van der Waals surface area contributed by atoms with Crippen LogP contribution in [0.15, 0.2) is 60.8 Å². The standard InChI is InChI=1S/C25H24Cl2N2O6/c1-14(28-24(31)22-23(30)20(34-3)12-13-29(22)33)25(32)35-15(2)21(16-4-8-18(26)9-5-16)17-6-10-19(27)11-7-17/h4-15,21H,1-3H3,(H2-,28,30,31,33)/p+1/t14-,15-/m0/s1. The third-order valence-corrected chi connectivity index (χ3v) is 5.92. The van der Waals surface area contributed by atoms with Crippen LogP contribution in [-0.2, 0) is 9.53 Å². The van der Waals surface area contributed by atoms with Gasteiger partial charge < -0.3 is 19.9 Å². The van der Waals surface area contributed by atoms with E-state index in [1.54, 1.807) is 31.2 Å². The van der Waals surface area contributed by atoms with E-state index in [9.17, 15) is 19.9 Å². The summed E-state index contributed by atoms with van der Waals surface area (Å²) in [5, 5.41) is 23.7. The number of aromatic nitrogens is 1. The lowest BCUT2D eigenvalue weighted by Crippen LogP contribution is -2.47. The Bertz CT molecular complexity index is 1160. The first-order valence-electron chi connectivity index (χ1n) is 10.7. The molecule has 3 aromatic rings. The number of benzene rings is 2. The molecule has 8 nitrogen and oxygen atoms in total. The number of aromatic hydroxyl groups is 1. The Morgan fingerprint density at radius 2 is 1.46 bits per heavy atom. The van der Waals surface area contributed by atoms with E-state index in [0.717, 1.165) is 17.3 Å². The number of nitrogens with zero attached hydrogens (tertiary/aromatic N) is 1. The van der Waals surface area contributed by atoms with Crippen LogP contribution in [0.4, 0.5) is 0 Å². The Morgan fingerprint density at radius 3 is 1.94 bits per heavy atom. The van der Waals surface area contributed by atoms with Gasteiger partial charge in [-0.05, 0) is 49.2 Å². The van der Waals surface area contributed by atoms with E-state index in [0.29, 0.717) is 14.8 Å². The third-order valence-electron chi connectivity index (χ3n) is 5.42. The van der Waals surface area contributed by atoms with Crippen molar-refractivity contribution in [3.63, 3.8) is 0 Å². The zero-order valence-corrected chi connectivity index (χ0v) is 20.7. The molecule has 1 amide bonds. The minimum Gasteiger partial charge on any atom is -0.499 e. The van der Waals surface area contributed by atoms with Gasteiger partial charge in [0.1, 0.15) is 12.1 Å². The van der Waals surface area contributed by atoms with Crippen molar-refractivity contribution in [1.82, 2.24) is 5.32 Å². The lowest BCUT2D eigenvalue weighted by atomic mass is 9.87. The molecule has 0 spiro atoms. The van der Waals surface area contributed by atoms with Crippen LogP contribution in [0.5, 0.6) is 11.5 Å². The smallest absolute Gasteiger partial charge is 0.366 e. The van der Waals surface area contributed by atoms with Gasteiger partial charge >= 0.3 is 17.6 Å². The van der Waals surface area contributed by atoms with Crippen molar-refractivity contribution in [2.75, 3.05) is 7.11 Å². The Labute approximate surface area is 212 Å². The van der Waals surface area contributed by atoms with E-state index in [4.69, 9.17) is 32.7 Å². The molecule has 2 atom stereocenters. The molecule has 2 aromatic carbocycles. The number of hydrogen-bond donors (Lipinski definition) is 3. The molecule has 0 aliphatic carbocycles. The average molecular weight is 520 g/mol. The molecule has 0 aliphatic heterocycles. The summed E-state index contributed by atoms with van der Waals surface area (Å²) < 4.78 is 11.1. The summed E-state index contributed by atoms with van der Waals surface area (Å²) in [5.74, 6) is -2.52.